The van der Waals surface area contributed by atoms with Crippen molar-refractivity contribution in [3.63, 3.8) is 0 Å². The molecule has 1 aliphatic rings. The van der Waals surface area contributed by atoms with Crippen LogP contribution in [-0.2, 0) is 5.41 Å². The summed E-state index contributed by atoms with van der Waals surface area (Å²) in [5, 5.41) is 2.77. The maximum Gasteiger partial charge on any atom is 0.0159 e. The molecular formula is C25H32. The summed E-state index contributed by atoms with van der Waals surface area (Å²) in [4.78, 5) is 0. The predicted molar refractivity (Wildman–Crippen MR) is 114 cm³/mol. The van der Waals surface area contributed by atoms with Crippen LogP contribution in [0.2, 0.25) is 0 Å². The average molecular weight is 333 g/mol. The zero-order valence-electron chi connectivity index (χ0n) is 17.1. The van der Waals surface area contributed by atoms with Crippen LogP contribution in [0.3, 0.4) is 0 Å². The molecule has 25 heavy (non-hydrogen) atoms. The van der Waals surface area contributed by atoms with Gasteiger partial charge in [-0.05, 0) is 52.4 Å². The molecule has 0 spiro atoms. The lowest BCUT2D eigenvalue weighted by Crippen LogP contribution is -2.15. The molecule has 3 aromatic rings. The van der Waals surface area contributed by atoms with E-state index >= 15 is 0 Å². The van der Waals surface area contributed by atoms with Crippen LogP contribution in [0.4, 0.5) is 0 Å². The summed E-state index contributed by atoms with van der Waals surface area (Å²) in [6.07, 6.45) is 0. The number of rotatable bonds is 0. The molecule has 0 amide bonds. The van der Waals surface area contributed by atoms with Crippen LogP contribution in [0.5, 0.6) is 0 Å². The van der Waals surface area contributed by atoms with Crippen molar-refractivity contribution < 1.29 is 0 Å². The van der Waals surface area contributed by atoms with Crippen LogP contribution in [-0.4, -0.2) is 0 Å². The Balaban J connectivity index is 0.000000528. The van der Waals surface area contributed by atoms with Crippen LogP contribution in [0, 0.1) is 13.8 Å². The average Bonchev–Trinajstić information content (AvgIpc) is 2.86. The largest absolute Gasteiger partial charge is 0.0683 e. The van der Waals surface area contributed by atoms with Gasteiger partial charge in [0, 0.05) is 5.41 Å². The molecule has 0 atom stereocenters. The molecule has 0 heteroatoms. The molecule has 0 aliphatic heterocycles. The zero-order chi connectivity index (χ0) is 18.8. The topological polar surface area (TPSA) is 0 Å². The third-order valence-corrected chi connectivity index (χ3v) is 5.04. The van der Waals surface area contributed by atoms with Gasteiger partial charge in [0.15, 0.2) is 0 Å². The first-order valence-corrected chi connectivity index (χ1v) is 9.64. The third-order valence-electron chi connectivity index (χ3n) is 5.04. The summed E-state index contributed by atoms with van der Waals surface area (Å²) < 4.78 is 0. The molecule has 0 aromatic heterocycles. The van der Waals surface area contributed by atoms with Gasteiger partial charge in [-0.3, -0.25) is 0 Å². The third kappa shape index (κ3) is 2.99. The van der Waals surface area contributed by atoms with Crippen molar-refractivity contribution in [3.8, 4) is 11.1 Å². The Hall–Kier alpha value is -2.08. The van der Waals surface area contributed by atoms with Crippen molar-refractivity contribution >= 4 is 10.8 Å². The van der Waals surface area contributed by atoms with Gasteiger partial charge in [-0.25, -0.2) is 0 Å². The first-order valence-electron chi connectivity index (χ1n) is 9.64. The summed E-state index contributed by atoms with van der Waals surface area (Å²) in [6, 6.07) is 18.1. The van der Waals surface area contributed by atoms with E-state index in [1.807, 2.05) is 27.7 Å². The van der Waals surface area contributed by atoms with E-state index in [0.29, 0.717) is 0 Å². The molecule has 4 rings (SSSR count). The van der Waals surface area contributed by atoms with Gasteiger partial charge in [0.1, 0.15) is 0 Å². The van der Waals surface area contributed by atoms with Crippen LogP contribution >= 0.6 is 0 Å². The maximum atomic E-state index is 2.40. The molecule has 0 unspecified atom stereocenters. The van der Waals surface area contributed by atoms with Crippen LogP contribution in [0.25, 0.3) is 21.9 Å². The molecule has 0 saturated carbocycles. The number of fused-ring (bicyclic) bond motifs is 5. The highest BCUT2D eigenvalue weighted by Crippen LogP contribution is 2.51. The second-order valence-corrected chi connectivity index (χ2v) is 6.84. The molecule has 0 fully saturated rings. The Morgan fingerprint density at radius 3 is 1.92 bits per heavy atom. The molecule has 0 bridgehead atoms. The Labute approximate surface area is 153 Å². The number of hydrogen-bond donors (Lipinski definition) is 0. The van der Waals surface area contributed by atoms with Crippen molar-refractivity contribution in [1.82, 2.24) is 0 Å². The number of aryl methyl sites for hydroxylation is 2. The molecule has 1 aliphatic carbocycles. The van der Waals surface area contributed by atoms with Gasteiger partial charge in [-0.1, -0.05) is 95.6 Å². The van der Waals surface area contributed by atoms with E-state index < -0.39 is 0 Å². The normalized spacial score (nSPS) is 13.1. The monoisotopic (exact) mass is 332 g/mol. The predicted octanol–water partition coefficient (Wildman–Crippen LogP) is 7.82. The van der Waals surface area contributed by atoms with Gasteiger partial charge in [0.05, 0.1) is 0 Å². The van der Waals surface area contributed by atoms with Crippen LogP contribution in [0.1, 0.15) is 63.8 Å². The SMILES string of the molecule is CC.CC.Cc1ccc2c(c1)C(C)(C)c1cc(C)c3ccccc3c1-2. The van der Waals surface area contributed by atoms with E-state index in [0.717, 1.165) is 0 Å². The molecule has 0 heterocycles. The first-order chi connectivity index (χ1) is 12.0. The van der Waals surface area contributed by atoms with E-state index in [-0.39, 0.29) is 5.41 Å². The van der Waals surface area contributed by atoms with Gasteiger partial charge in [-0.15, -0.1) is 0 Å². The van der Waals surface area contributed by atoms with E-state index in [1.165, 1.54) is 44.2 Å². The fourth-order valence-electron chi connectivity index (χ4n) is 3.88. The van der Waals surface area contributed by atoms with Crippen LogP contribution < -0.4 is 0 Å². The van der Waals surface area contributed by atoms with E-state index in [2.05, 4.69) is 76.2 Å². The number of hydrogen-bond acceptors (Lipinski definition) is 0. The van der Waals surface area contributed by atoms with E-state index in [9.17, 15) is 0 Å². The van der Waals surface area contributed by atoms with Gasteiger partial charge < -0.3 is 0 Å². The van der Waals surface area contributed by atoms with Crippen molar-refractivity contribution in [2.75, 3.05) is 0 Å². The highest BCUT2D eigenvalue weighted by Gasteiger charge is 2.36. The molecule has 0 saturated heterocycles. The minimum atomic E-state index is 0.0888. The quantitative estimate of drug-likeness (QED) is 0.393. The molecule has 0 radical (unpaired) electrons. The lowest BCUT2D eigenvalue weighted by molar-refractivity contribution is 0.659. The summed E-state index contributed by atoms with van der Waals surface area (Å²) in [7, 11) is 0. The molecule has 0 N–H and O–H groups in total. The lowest BCUT2D eigenvalue weighted by atomic mass is 9.81. The highest BCUT2D eigenvalue weighted by molar-refractivity contribution is 6.03. The Bertz CT molecular complexity index is 882. The van der Waals surface area contributed by atoms with Crippen molar-refractivity contribution in [2.45, 2.75) is 60.8 Å². The summed E-state index contributed by atoms with van der Waals surface area (Å²) in [6.45, 7) is 17.1. The smallest absolute Gasteiger partial charge is 0.0159 e. The maximum absolute atomic E-state index is 2.40. The summed E-state index contributed by atoms with van der Waals surface area (Å²) in [5.74, 6) is 0. The Morgan fingerprint density at radius 2 is 1.28 bits per heavy atom. The van der Waals surface area contributed by atoms with Gasteiger partial charge >= 0.3 is 0 Å². The number of benzene rings is 3. The standard InChI is InChI=1S/C21H20.2C2H6/c1-13-9-10-17-18(11-13)21(3,4)19-12-14(2)15-7-5-6-8-16(15)20(17)19;2*1-2/h5-12H,1-4H3;2*1-2H3. The van der Waals surface area contributed by atoms with E-state index in [1.54, 1.807) is 0 Å². The molecule has 0 nitrogen and oxygen atoms in total. The van der Waals surface area contributed by atoms with E-state index in [4.69, 9.17) is 0 Å². The minimum Gasteiger partial charge on any atom is -0.0683 e. The van der Waals surface area contributed by atoms with Gasteiger partial charge in [-0.2, -0.15) is 0 Å². The van der Waals surface area contributed by atoms with Gasteiger partial charge in [0.2, 0.25) is 0 Å². The Morgan fingerprint density at radius 1 is 0.680 bits per heavy atom. The Kier molecular flexibility index (Phi) is 5.72. The van der Waals surface area contributed by atoms with Crippen LogP contribution in [0.15, 0.2) is 48.5 Å². The molecular weight excluding hydrogens is 300 g/mol. The van der Waals surface area contributed by atoms with Crippen molar-refractivity contribution in [2.24, 2.45) is 0 Å². The summed E-state index contributed by atoms with van der Waals surface area (Å²) >= 11 is 0. The highest BCUT2D eigenvalue weighted by atomic mass is 14.4. The lowest BCUT2D eigenvalue weighted by Gasteiger charge is -2.22. The fraction of sp³-hybridized carbons (Fsp3) is 0.360. The molecule has 132 valence electrons. The fourth-order valence-corrected chi connectivity index (χ4v) is 3.88. The second kappa shape index (κ2) is 7.44. The summed E-state index contributed by atoms with van der Waals surface area (Å²) in [5.41, 5.74) is 8.60. The minimum absolute atomic E-state index is 0.0888. The van der Waals surface area contributed by atoms with Crippen molar-refractivity contribution in [3.05, 3.63) is 70.8 Å². The molecule has 3 aromatic carbocycles. The van der Waals surface area contributed by atoms with Gasteiger partial charge in [0.25, 0.3) is 0 Å². The van der Waals surface area contributed by atoms with Crippen molar-refractivity contribution in [1.29, 1.82) is 0 Å². The zero-order valence-corrected chi connectivity index (χ0v) is 17.1. The first kappa shape index (κ1) is 19.2. The second-order valence-electron chi connectivity index (χ2n) is 6.84.